The maximum atomic E-state index is 12.8. The number of hydrogen-bond acceptors (Lipinski definition) is 5. The summed E-state index contributed by atoms with van der Waals surface area (Å²) < 4.78 is 44.3. The molecule has 0 spiro atoms. The molecule has 2 heterocycles. The van der Waals surface area contributed by atoms with Crippen LogP contribution >= 0.6 is 11.3 Å². The van der Waals surface area contributed by atoms with Crippen LogP contribution in [0.15, 0.2) is 42.5 Å². The molecule has 0 amide bonds. The first kappa shape index (κ1) is 23.1. The van der Waals surface area contributed by atoms with Gasteiger partial charge in [-0.15, -0.1) is 11.3 Å². The lowest BCUT2D eigenvalue weighted by Crippen LogP contribution is -2.38. The fourth-order valence-electron chi connectivity index (χ4n) is 3.65. The Morgan fingerprint density at radius 1 is 1.15 bits per heavy atom. The topological polar surface area (TPSA) is 62.7 Å². The minimum atomic E-state index is -4.36. The Kier molecular flexibility index (Phi) is 5.86. The molecule has 0 radical (unpaired) electrons. The Hall–Kier alpha value is -3.07. The molecule has 0 bridgehead atoms. The van der Waals surface area contributed by atoms with Gasteiger partial charge in [-0.25, -0.2) is 9.78 Å². The van der Waals surface area contributed by atoms with Crippen LogP contribution < -0.4 is 9.64 Å². The minimum absolute atomic E-state index is 0.484. The number of aliphatic carboxylic acids is 1. The van der Waals surface area contributed by atoms with Crippen molar-refractivity contribution in [2.24, 2.45) is 0 Å². The molecule has 4 rings (SSSR count). The molecule has 0 atom stereocenters. The van der Waals surface area contributed by atoms with E-state index >= 15 is 0 Å². The lowest BCUT2D eigenvalue weighted by Gasteiger charge is -2.29. The van der Waals surface area contributed by atoms with Gasteiger partial charge in [-0.3, -0.25) is 0 Å². The summed E-state index contributed by atoms with van der Waals surface area (Å²) in [6, 6.07) is 10.7. The molecule has 33 heavy (non-hydrogen) atoms. The van der Waals surface area contributed by atoms with Crippen LogP contribution in [0.5, 0.6) is 5.75 Å². The summed E-state index contributed by atoms with van der Waals surface area (Å²) in [5.74, 6) is -0.563. The Labute approximate surface area is 193 Å². The third-order valence-electron chi connectivity index (χ3n) is 5.48. The third-order valence-corrected chi connectivity index (χ3v) is 6.61. The standard InChI is InChI=1S/C24H23F3N2O3S/c1-14-10-17(12-18(11-14)32-23(2,3)22(30)31)29-9-8-19-20(13-29)33-21(28-19)15-4-6-16(7-5-15)24(25,26)27/h4-7,10-12H,8-9,13H2,1-3H3,(H,30,31). The van der Waals surface area contributed by atoms with Crippen molar-refractivity contribution < 1.29 is 27.8 Å². The van der Waals surface area contributed by atoms with Crippen molar-refractivity contribution in [3.63, 3.8) is 0 Å². The van der Waals surface area contributed by atoms with Crippen molar-refractivity contribution in [1.29, 1.82) is 0 Å². The molecule has 0 aliphatic carbocycles. The van der Waals surface area contributed by atoms with Crippen LogP contribution in [-0.4, -0.2) is 28.2 Å². The molecule has 3 aromatic rings. The lowest BCUT2D eigenvalue weighted by atomic mass is 10.1. The minimum Gasteiger partial charge on any atom is -0.478 e. The Balaban J connectivity index is 1.55. The van der Waals surface area contributed by atoms with Crippen molar-refractivity contribution >= 4 is 23.0 Å². The Bertz CT molecular complexity index is 1190. The van der Waals surface area contributed by atoms with Gasteiger partial charge in [0.15, 0.2) is 5.60 Å². The van der Waals surface area contributed by atoms with Gasteiger partial charge in [-0.2, -0.15) is 13.2 Å². The molecule has 1 aliphatic rings. The summed E-state index contributed by atoms with van der Waals surface area (Å²) >= 11 is 1.48. The predicted molar refractivity (Wildman–Crippen MR) is 121 cm³/mol. The number of rotatable bonds is 5. The van der Waals surface area contributed by atoms with Gasteiger partial charge < -0.3 is 14.7 Å². The van der Waals surface area contributed by atoms with Crippen LogP contribution in [0, 0.1) is 6.92 Å². The molecule has 0 saturated heterocycles. The Morgan fingerprint density at radius 3 is 2.48 bits per heavy atom. The number of thiazole rings is 1. The fraction of sp³-hybridized carbons (Fsp3) is 0.333. The van der Waals surface area contributed by atoms with Crippen LogP contribution in [0.4, 0.5) is 18.9 Å². The first-order valence-corrected chi connectivity index (χ1v) is 11.2. The third kappa shape index (κ3) is 4.98. The number of carboxylic acids is 1. The zero-order chi connectivity index (χ0) is 24.0. The van der Waals surface area contributed by atoms with Crippen molar-refractivity contribution in [2.45, 2.75) is 45.5 Å². The molecule has 0 fully saturated rings. The molecule has 174 valence electrons. The monoisotopic (exact) mass is 476 g/mol. The molecule has 1 N–H and O–H groups in total. The van der Waals surface area contributed by atoms with Gasteiger partial charge in [0.25, 0.3) is 0 Å². The average molecular weight is 477 g/mol. The maximum absolute atomic E-state index is 12.8. The number of hydrogen-bond donors (Lipinski definition) is 1. The number of aromatic nitrogens is 1. The SMILES string of the molecule is Cc1cc(OC(C)(C)C(=O)O)cc(N2CCc3nc(-c4ccc(C(F)(F)F)cc4)sc3C2)c1. The molecule has 1 aliphatic heterocycles. The van der Waals surface area contributed by atoms with E-state index in [0.717, 1.165) is 34.0 Å². The van der Waals surface area contributed by atoms with Crippen LogP contribution in [0.1, 0.15) is 35.5 Å². The molecule has 2 aromatic carbocycles. The van der Waals surface area contributed by atoms with Gasteiger partial charge in [0, 0.05) is 35.2 Å². The highest BCUT2D eigenvalue weighted by molar-refractivity contribution is 7.15. The second kappa shape index (κ2) is 8.37. The fourth-order valence-corrected chi connectivity index (χ4v) is 4.78. The van der Waals surface area contributed by atoms with E-state index in [1.807, 2.05) is 19.1 Å². The number of ether oxygens (including phenoxy) is 1. The number of alkyl halides is 3. The van der Waals surface area contributed by atoms with Crippen LogP contribution in [0.3, 0.4) is 0 Å². The van der Waals surface area contributed by atoms with Crippen molar-refractivity contribution in [3.8, 4) is 16.3 Å². The number of aryl methyl sites for hydroxylation is 1. The van der Waals surface area contributed by atoms with E-state index in [4.69, 9.17) is 4.74 Å². The number of carbonyl (C=O) groups is 1. The van der Waals surface area contributed by atoms with Crippen LogP contribution in [0.2, 0.25) is 0 Å². The van der Waals surface area contributed by atoms with Gasteiger partial charge in [0.05, 0.1) is 17.8 Å². The van der Waals surface area contributed by atoms with Crippen molar-refractivity contribution in [1.82, 2.24) is 4.98 Å². The highest BCUT2D eigenvalue weighted by Crippen LogP contribution is 2.36. The normalized spacial score (nSPS) is 14.2. The Morgan fingerprint density at radius 2 is 1.85 bits per heavy atom. The number of halogens is 3. The van der Waals surface area contributed by atoms with E-state index in [1.165, 1.54) is 37.3 Å². The summed E-state index contributed by atoms with van der Waals surface area (Å²) in [4.78, 5) is 19.3. The van der Waals surface area contributed by atoms with Crippen LogP contribution in [0.25, 0.3) is 10.6 Å². The number of anilines is 1. The molecule has 9 heteroatoms. The molecule has 1 aromatic heterocycles. The zero-order valence-electron chi connectivity index (χ0n) is 18.4. The highest BCUT2D eigenvalue weighted by atomic mass is 32.1. The summed E-state index contributed by atoms with van der Waals surface area (Å²) in [6.45, 7) is 6.26. The zero-order valence-corrected chi connectivity index (χ0v) is 19.2. The summed E-state index contributed by atoms with van der Waals surface area (Å²) in [5.41, 5.74) is 1.46. The van der Waals surface area contributed by atoms with Gasteiger partial charge >= 0.3 is 12.1 Å². The van der Waals surface area contributed by atoms with Gasteiger partial charge in [-0.1, -0.05) is 12.1 Å². The van der Waals surface area contributed by atoms with E-state index in [9.17, 15) is 23.1 Å². The van der Waals surface area contributed by atoms with E-state index in [1.54, 1.807) is 6.07 Å². The first-order chi connectivity index (χ1) is 15.4. The van der Waals surface area contributed by atoms with Crippen LogP contribution in [-0.2, 0) is 23.9 Å². The largest absolute Gasteiger partial charge is 0.478 e. The van der Waals surface area contributed by atoms with Gasteiger partial charge in [0.1, 0.15) is 10.8 Å². The quantitative estimate of drug-likeness (QED) is 0.494. The van der Waals surface area contributed by atoms with Gasteiger partial charge in [0.2, 0.25) is 0 Å². The van der Waals surface area contributed by atoms with Crippen molar-refractivity contribution in [3.05, 3.63) is 64.2 Å². The lowest BCUT2D eigenvalue weighted by molar-refractivity contribution is -0.152. The van der Waals surface area contributed by atoms with E-state index in [2.05, 4.69) is 9.88 Å². The number of carboxylic acid groups (broad SMARTS) is 1. The molecule has 0 saturated carbocycles. The highest BCUT2D eigenvalue weighted by Gasteiger charge is 2.31. The number of benzene rings is 2. The maximum Gasteiger partial charge on any atom is 0.416 e. The molecular formula is C24H23F3N2O3S. The average Bonchev–Trinajstić information content (AvgIpc) is 3.15. The van der Waals surface area contributed by atoms with Crippen molar-refractivity contribution in [2.75, 3.05) is 11.4 Å². The number of nitrogens with zero attached hydrogens (tertiary/aromatic N) is 2. The number of fused-ring (bicyclic) bond motifs is 1. The molecule has 0 unspecified atom stereocenters. The smallest absolute Gasteiger partial charge is 0.416 e. The van der Waals surface area contributed by atoms with E-state index in [0.29, 0.717) is 35.8 Å². The summed E-state index contributed by atoms with van der Waals surface area (Å²) in [6.07, 6.45) is -3.66. The molecule has 5 nitrogen and oxygen atoms in total. The molecular weight excluding hydrogens is 453 g/mol. The first-order valence-electron chi connectivity index (χ1n) is 10.4. The summed E-state index contributed by atoms with van der Waals surface area (Å²) in [5, 5.41) is 10.1. The second-order valence-electron chi connectivity index (χ2n) is 8.56. The van der Waals surface area contributed by atoms with E-state index < -0.39 is 23.3 Å². The second-order valence-corrected chi connectivity index (χ2v) is 9.64. The predicted octanol–water partition coefficient (Wildman–Crippen LogP) is 5.94. The van der Waals surface area contributed by atoms with E-state index in [-0.39, 0.29) is 0 Å². The van der Waals surface area contributed by atoms with Gasteiger partial charge in [-0.05, 0) is 50.6 Å². The summed E-state index contributed by atoms with van der Waals surface area (Å²) in [7, 11) is 0.